The van der Waals surface area contributed by atoms with Crippen LogP contribution < -0.4 is 10.1 Å². The van der Waals surface area contributed by atoms with Gasteiger partial charge in [0.05, 0.1) is 24.6 Å². The molecule has 0 fully saturated rings. The van der Waals surface area contributed by atoms with Crippen molar-refractivity contribution in [2.45, 2.75) is 19.4 Å². The maximum Gasteiger partial charge on any atom is 0.254 e. The molecule has 1 amide bonds. The summed E-state index contributed by atoms with van der Waals surface area (Å²) in [4.78, 5) is 20.7. The average molecular weight is 337 g/mol. The quantitative estimate of drug-likeness (QED) is 0.744. The van der Waals surface area contributed by atoms with Gasteiger partial charge in [-0.2, -0.15) is 5.10 Å². The highest BCUT2D eigenvalue weighted by Gasteiger charge is 2.14. The molecule has 1 atom stereocenters. The van der Waals surface area contributed by atoms with Crippen molar-refractivity contribution in [3.63, 3.8) is 0 Å². The summed E-state index contributed by atoms with van der Waals surface area (Å²) in [5.41, 5.74) is 2.09. The Hall–Kier alpha value is -3.22. The number of para-hydroxylation sites is 2. The highest BCUT2D eigenvalue weighted by Crippen LogP contribution is 2.21. The molecule has 25 heavy (non-hydrogen) atoms. The highest BCUT2D eigenvalue weighted by atomic mass is 16.5. The largest absolute Gasteiger partial charge is 0.494 e. The molecule has 7 heteroatoms. The van der Waals surface area contributed by atoms with Crippen LogP contribution >= 0.6 is 0 Å². The van der Waals surface area contributed by atoms with Gasteiger partial charge in [-0.15, -0.1) is 0 Å². The average Bonchev–Trinajstić information content (AvgIpc) is 3.12. The monoisotopic (exact) mass is 337 g/mol. The van der Waals surface area contributed by atoms with Crippen molar-refractivity contribution in [3.05, 3.63) is 66.5 Å². The van der Waals surface area contributed by atoms with Crippen molar-refractivity contribution in [2.75, 3.05) is 7.11 Å². The Morgan fingerprint density at radius 3 is 2.88 bits per heavy atom. The summed E-state index contributed by atoms with van der Waals surface area (Å²) in [6.07, 6.45) is 8.79. The minimum Gasteiger partial charge on any atom is -0.494 e. The third kappa shape index (κ3) is 4.00. The summed E-state index contributed by atoms with van der Waals surface area (Å²) >= 11 is 0. The Morgan fingerprint density at radius 1 is 1.28 bits per heavy atom. The first kappa shape index (κ1) is 16.6. The molecule has 0 unspecified atom stereocenters. The number of hydrogen-bond acceptors (Lipinski definition) is 5. The minimum absolute atomic E-state index is 0.0705. The topological polar surface area (TPSA) is 81.9 Å². The molecule has 0 aliphatic heterocycles. The number of ether oxygens (including phenoxy) is 1. The van der Waals surface area contributed by atoms with Gasteiger partial charge in [0.1, 0.15) is 11.4 Å². The van der Waals surface area contributed by atoms with Gasteiger partial charge in [0.2, 0.25) is 0 Å². The summed E-state index contributed by atoms with van der Waals surface area (Å²) < 4.78 is 6.95. The molecule has 0 spiro atoms. The molecule has 128 valence electrons. The fourth-order valence-corrected chi connectivity index (χ4v) is 2.50. The number of amides is 1. The van der Waals surface area contributed by atoms with Crippen LogP contribution in [0, 0.1) is 0 Å². The molecule has 3 aromatic rings. The van der Waals surface area contributed by atoms with Crippen LogP contribution in [0.25, 0.3) is 5.69 Å². The van der Waals surface area contributed by atoms with Crippen LogP contribution in [0.4, 0.5) is 0 Å². The number of nitrogens with zero attached hydrogens (tertiary/aromatic N) is 4. The number of nitrogens with one attached hydrogen (secondary N) is 1. The summed E-state index contributed by atoms with van der Waals surface area (Å²) in [7, 11) is 1.60. The minimum atomic E-state index is -0.183. The summed E-state index contributed by atoms with van der Waals surface area (Å²) in [6, 6.07) is 7.43. The van der Waals surface area contributed by atoms with Gasteiger partial charge in [-0.25, -0.2) is 4.68 Å². The molecular weight excluding hydrogens is 318 g/mol. The van der Waals surface area contributed by atoms with E-state index in [2.05, 4.69) is 20.4 Å². The molecular formula is C18H19N5O2. The highest BCUT2D eigenvalue weighted by molar-refractivity contribution is 5.94. The lowest BCUT2D eigenvalue weighted by molar-refractivity contribution is 0.0940. The summed E-state index contributed by atoms with van der Waals surface area (Å²) in [6.45, 7) is 1.93. The fraction of sp³-hybridized carbons (Fsp3) is 0.222. The second-order valence-corrected chi connectivity index (χ2v) is 5.62. The van der Waals surface area contributed by atoms with Crippen molar-refractivity contribution in [3.8, 4) is 11.4 Å². The lowest BCUT2D eigenvalue weighted by Crippen LogP contribution is -2.34. The normalized spacial score (nSPS) is 11.8. The predicted molar refractivity (Wildman–Crippen MR) is 92.8 cm³/mol. The van der Waals surface area contributed by atoms with Crippen LogP contribution in [0.1, 0.15) is 23.0 Å². The summed E-state index contributed by atoms with van der Waals surface area (Å²) in [5.74, 6) is 0.506. The van der Waals surface area contributed by atoms with Gasteiger partial charge in [-0.05, 0) is 19.1 Å². The van der Waals surface area contributed by atoms with Gasteiger partial charge >= 0.3 is 0 Å². The van der Waals surface area contributed by atoms with Crippen LogP contribution in [0.2, 0.25) is 0 Å². The number of methoxy groups -OCH3 is 1. The Morgan fingerprint density at radius 2 is 2.12 bits per heavy atom. The number of aromatic nitrogens is 4. The number of rotatable bonds is 6. The van der Waals surface area contributed by atoms with Gasteiger partial charge in [-0.3, -0.25) is 14.8 Å². The maximum atomic E-state index is 12.4. The lowest BCUT2D eigenvalue weighted by atomic mass is 10.2. The molecule has 7 nitrogen and oxygen atoms in total. The number of hydrogen-bond donors (Lipinski definition) is 1. The standard InChI is InChI=1S/C18H19N5O2/c1-13(9-15-11-19-7-8-20-15)22-18(24)14-10-21-23(12-14)16-5-3-4-6-17(16)25-2/h3-8,10-13H,9H2,1-2H3,(H,22,24)/t13-/m0/s1. The molecule has 3 rings (SSSR count). The Labute approximate surface area is 145 Å². The zero-order valence-corrected chi connectivity index (χ0v) is 14.1. The Bertz CT molecular complexity index is 847. The van der Waals surface area contributed by atoms with E-state index in [0.29, 0.717) is 17.7 Å². The molecule has 1 aromatic carbocycles. The first-order chi connectivity index (χ1) is 12.2. The first-order valence-corrected chi connectivity index (χ1v) is 7.91. The molecule has 0 radical (unpaired) electrons. The predicted octanol–water partition coefficient (Wildman–Crippen LogP) is 2.03. The second kappa shape index (κ2) is 7.57. The molecule has 0 aliphatic rings. The number of carbonyl (C=O) groups excluding carboxylic acids is 1. The van der Waals surface area contributed by atoms with Crippen molar-refractivity contribution in [2.24, 2.45) is 0 Å². The van der Waals surface area contributed by atoms with Gasteiger partial charge in [0.25, 0.3) is 5.91 Å². The zero-order chi connectivity index (χ0) is 17.6. The van der Waals surface area contributed by atoms with Crippen LogP contribution in [0.5, 0.6) is 5.75 Å². The summed E-state index contributed by atoms with van der Waals surface area (Å²) in [5, 5.41) is 7.21. The van der Waals surface area contributed by atoms with Gasteiger partial charge in [-0.1, -0.05) is 12.1 Å². The number of carbonyl (C=O) groups is 1. The van der Waals surface area contributed by atoms with E-state index in [4.69, 9.17) is 4.74 Å². The van der Waals surface area contributed by atoms with Crippen molar-refractivity contribution in [1.82, 2.24) is 25.1 Å². The molecule has 2 heterocycles. The van der Waals surface area contributed by atoms with E-state index >= 15 is 0 Å². The SMILES string of the molecule is COc1ccccc1-n1cc(C(=O)N[C@@H](C)Cc2cnccn2)cn1. The molecule has 0 aliphatic carbocycles. The molecule has 2 aromatic heterocycles. The van der Waals surface area contributed by atoms with Crippen LogP contribution in [0.15, 0.2) is 55.2 Å². The smallest absolute Gasteiger partial charge is 0.254 e. The van der Waals surface area contributed by atoms with E-state index in [1.54, 1.807) is 36.6 Å². The van der Waals surface area contributed by atoms with E-state index < -0.39 is 0 Å². The van der Waals surface area contributed by atoms with Crippen molar-refractivity contribution in [1.29, 1.82) is 0 Å². The van der Waals surface area contributed by atoms with E-state index in [-0.39, 0.29) is 11.9 Å². The third-order valence-corrected chi connectivity index (χ3v) is 3.69. The molecule has 0 bridgehead atoms. The van der Waals surface area contributed by atoms with Gasteiger partial charge in [0, 0.05) is 37.3 Å². The molecule has 0 saturated carbocycles. The molecule has 1 N–H and O–H groups in total. The van der Waals surface area contributed by atoms with Gasteiger partial charge in [0.15, 0.2) is 0 Å². The number of benzene rings is 1. The van der Waals surface area contributed by atoms with E-state index in [0.717, 1.165) is 11.4 Å². The fourth-order valence-electron chi connectivity index (χ4n) is 2.50. The lowest BCUT2D eigenvalue weighted by Gasteiger charge is -2.12. The zero-order valence-electron chi connectivity index (χ0n) is 14.1. The second-order valence-electron chi connectivity index (χ2n) is 5.62. The third-order valence-electron chi connectivity index (χ3n) is 3.69. The first-order valence-electron chi connectivity index (χ1n) is 7.91. The van der Waals surface area contributed by atoms with Crippen molar-refractivity contribution >= 4 is 5.91 Å². The Kier molecular flexibility index (Phi) is 5.03. The van der Waals surface area contributed by atoms with E-state index in [1.807, 2.05) is 31.2 Å². The van der Waals surface area contributed by atoms with E-state index in [1.165, 1.54) is 6.20 Å². The molecule has 0 saturated heterocycles. The van der Waals surface area contributed by atoms with Gasteiger partial charge < -0.3 is 10.1 Å². The van der Waals surface area contributed by atoms with E-state index in [9.17, 15) is 4.79 Å². The van der Waals surface area contributed by atoms with Crippen LogP contribution in [0.3, 0.4) is 0 Å². The Balaban J connectivity index is 1.68. The van der Waals surface area contributed by atoms with Crippen LogP contribution in [-0.4, -0.2) is 38.8 Å². The maximum absolute atomic E-state index is 12.4. The van der Waals surface area contributed by atoms with Crippen LogP contribution in [-0.2, 0) is 6.42 Å². The van der Waals surface area contributed by atoms with Crippen molar-refractivity contribution < 1.29 is 9.53 Å².